The van der Waals surface area contributed by atoms with Crippen LogP contribution < -0.4 is 0 Å². The van der Waals surface area contributed by atoms with Gasteiger partial charge in [-0.25, -0.2) is 0 Å². The molecule has 0 aromatic heterocycles. The summed E-state index contributed by atoms with van der Waals surface area (Å²) in [6.45, 7) is 0. The highest BCUT2D eigenvalue weighted by atomic mass is 16.4. The van der Waals surface area contributed by atoms with Gasteiger partial charge in [0.15, 0.2) is 0 Å². The predicted molar refractivity (Wildman–Crippen MR) is 28.5 cm³/mol. The molecule has 0 saturated carbocycles. The fraction of sp³-hybridized carbons (Fsp3) is 0.600. The van der Waals surface area contributed by atoms with E-state index in [1.165, 1.54) is 0 Å². The Bertz CT molecular complexity index is 138. The molecule has 0 saturated heterocycles. The van der Waals surface area contributed by atoms with Crippen LogP contribution in [0.2, 0.25) is 0 Å². The summed E-state index contributed by atoms with van der Waals surface area (Å²) >= 11 is 0. The number of aliphatic carboxylic acids is 1. The van der Waals surface area contributed by atoms with E-state index in [0.717, 1.165) is 0 Å². The van der Waals surface area contributed by atoms with Crippen LogP contribution in [-0.2, 0) is 4.79 Å². The number of hydrogen-bond donors (Lipinski definition) is 2. The van der Waals surface area contributed by atoms with Gasteiger partial charge in [-0.3, -0.25) is 4.79 Å². The van der Waals surface area contributed by atoms with Crippen LogP contribution >= 0.6 is 0 Å². The Morgan fingerprint density at radius 2 is 2.33 bits per heavy atom. The molecule has 0 aliphatic heterocycles. The Kier molecular flexibility index (Phi) is 3.40. The summed E-state index contributed by atoms with van der Waals surface area (Å²) in [7, 11) is 0. The van der Waals surface area contributed by atoms with Gasteiger partial charge in [-0.15, -0.1) is 0 Å². The number of rotatable bonds is 3. The predicted octanol–water partition coefficient (Wildman–Crippen LogP) is -0.264. The smallest absolute Gasteiger partial charge is 0.306 e. The number of aliphatic hydroxyl groups is 1. The molecule has 0 rings (SSSR count). The van der Waals surface area contributed by atoms with E-state index in [1.807, 2.05) is 0 Å². The van der Waals surface area contributed by atoms with E-state index in [2.05, 4.69) is 0 Å². The van der Waals surface area contributed by atoms with Gasteiger partial charge in [0, 0.05) is 0 Å². The Hall–Kier alpha value is -1.08. The van der Waals surface area contributed by atoms with Gasteiger partial charge >= 0.3 is 5.97 Å². The van der Waals surface area contributed by atoms with Crippen molar-refractivity contribution in [2.24, 2.45) is 0 Å². The molecule has 9 heavy (non-hydrogen) atoms. The SMILES string of the molecule is [15N]#CC[C@H](O)CC(=O)O. The van der Waals surface area contributed by atoms with Crippen LogP contribution in [0.1, 0.15) is 12.8 Å². The van der Waals surface area contributed by atoms with Crippen molar-refractivity contribution < 1.29 is 15.0 Å². The highest BCUT2D eigenvalue weighted by Gasteiger charge is 2.07. The molecule has 0 aromatic rings. The molecule has 50 valence electrons. The molecule has 4 nitrogen and oxygen atoms in total. The van der Waals surface area contributed by atoms with Crippen LogP contribution in [0.5, 0.6) is 0 Å². The summed E-state index contributed by atoms with van der Waals surface area (Å²) in [5.74, 6) is -1.09. The van der Waals surface area contributed by atoms with Crippen LogP contribution in [0.4, 0.5) is 0 Å². The van der Waals surface area contributed by atoms with Crippen LogP contribution in [0, 0.1) is 11.3 Å². The largest absolute Gasteiger partial charge is 0.481 e. The standard InChI is InChI=1S/C5H7NO3/c6-2-1-4(7)3-5(8)9/h4,7H,1,3H2,(H,8,9)/t4-/m0/s1/i6+1. The molecule has 0 heterocycles. The number of nitrogens with zero attached hydrogens (tertiary/aromatic N) is 1. The molecule has 4 heteroatoms. The van der Waals surface area contributed by atoms with E-state index in [-0.39, 0.29) is 12.8 Å². The Morgan fingerprint density at radius 3 is 2.67 bits per heavy atom. The van der Waals surface area contributed by atoms with E-state index in [1.54, 1.807) is 6.07 Å². The molecule has 2 N–H and O–H groups in total. The number of hydrogen-bond acceptors (Lipinski definition) is 3. The third-order valence-corrected chi connectivity index (χ3v) is 0.737. The quantitative estimate of drug-likeness (QED) is 0.515. The number of nitriles is 1. The minimum absolute atomic E-state index is 0.119. The Morgan fingerprint density at radius 1 is 1.78 bits per heavy atom. The molecule has 0 bridgehead atoms. The van der Waals surface area contributed by atoms with Crippen molar-refractivity contribution in [3.63, 3.8) is 0 Å². The first-order chi connectivity index (χ1) is 4.16. The third-order valence-electron chi connectivity index (χ3n) is 0.737. The number of carboxylic acid groups (broad SMARTS) is 1. The first-order valence-electron chi connectivity index (χ1n) is 2.43. The van der Waals surface area contributed by atoms with Crippen molar-refractivity contribution in [1.29, 1.82) is 5.26 Å². The maximum absolute atomic E-state index is 9.82. The van der Waals surface area contributed by atoms with Gasteiger partial charge in [0.05, 0.1) is 25.0 Å². The first-order valence-corrected chi connectivity index (χ1v) is 2.43. The van der Waals surface area contributed by atoms with Crippen LogP contribution in [0.3, 0.4) is 0 Å². The van der Waals surface area contributed by atoms with Crippen LogP contribution in [-0.4, -0.2) is 22.3 Å². The van der Waals surface area contributed by atoms with E-state index in [4.69, 9.17) is 15.5 Å². The number of carboxylic acids is 1. The monoisotopic (exact) mass is 130 g/mol. The molecule has 0 fully saturated rings. The zero-order chi connectivity index (χ0) is 7.28. The fourth-order valence-electron chi connectivity index (χ4n) is 0.379. The summed E-state index contributed by atoms with van der Waals surface area (Å²) in [5, 5.41) is 24.6. The van der Waals surface area contributed by atoms with Crippen molar-refractivity contribution in [1.82, 2.24) is 0 Å². The van der Waals surface area contributed by atoms with Gasteiger partial charge in [0.2, 0.25) is 0 Å². The van der Waals surface area contributed by atoms with Crippen molar-refractivity contribution in [3.05, 3.63) is 0 Å². The van der Waals surface area contributed by atoms with Crippen molar-refractivity contribution in [2.75, 3.05) is 0 Å². The summed E-state index contributed by atoms with van der Waals surface area (Å²) < 4.78 is 0. The Balaban J connectivity index is 3.40. The molecule has 0 spiro atoms. The lowest BCUT2D eigenvalue weighted by molar-refractivity contribution is -0.139. The van der Waals surface area contributed by atoms with E-state index in [0.29, 0.717) is 0 Å². The summed E-state index contributed by atoms with van der Waals surface area (Å²) in [6, 6.07) is 1.66. The zero-order valence-electron chi connectivity index (χ0n) is 4.74. The van der Waals surface area contributed by atoms with Crippen molar-refractivity contribution in [2.45, 2.75) is 18.9 Å². The average molecular weight is 130 g/mol. The van der Waals surface area contributed by atoms with Gasteiger partial charge in [-0.2, -0.15) is 5.26 Å². The maximum atomic E-state index is 9.82. The lowest BCUT2D eigenvalue weighted by Gasteiger charge is -1.98. The highest BCUT2D eigenvalue weighted by Crippen LogP contribution is 1.94. The minimum Gasteiger partial charge on any atom is -0.481 e. The normalized spacial score (nSPS) is 12.0. The summed E-state index contributed by atoms with van der Waals surface area (Å²) in [4.78, 5) is 9.82. The maximum Gasteiger partial charge on any atom is 0.306 e. The molecule has 0 aliphatic carbocycles. The highest BCUT2D eigenvalue weighted by molar-refractivity contribution is 5.67. The Labute approximate surface area is 52.3 Å². The van der Waals surface area contributed by atoms with Gasteiger partial charge in [0.1, 0.15) is 0 Å². The second kappa shape index (κ2) is 3.87. The van der Waals surface area contributed by atoms with Gasteiger partial charge in [0.25, 0.3) is 0 Å². The molecule has 1 atom stereocenters. The van der Waals surface area contributed by atoms with E-state index < -0.39 is 12.1 Å². The molecule has 0 aliphatic rings. The fourth-order valence-corrected chi connectivity index (χ4v) is 0.379. The molecular weight excluding hydrogens is 123 g/mol. The van der Waals surface area contributed by atoms with E-state index >= 15 is 0 Å². The molecule has 0 aromatic carbocycles. The average Bonchev–Trinajstić information content (AvgIpc) is 1.63. The second-order valence-electron chi connectivity index (χ2n) is 1.61. The topological polar surface area (TPSA) is 81.3 Å². The molecule has 0 unspecified atom stereocenters. The molecular formula is C5H7NO3. The minimum atomic E-state index is -1.09. The third kappa shape index (κ3) is 4.78. The van der Waals surface area contributed by atoms with Crippen LogP contribution in [0.15, 0.2) is 0 Å². The lowest BCUT2D eigenvalue weighted by atomic mass is 10.2. The zero-order valence-corrected chi connectivity index (χ0v) is 4.74. The van der Waals surface area contributed by atoms with Gasteiger partial charge in [-0.05, 0) is 0 Å². The van der Waals surface area contributed by atoms with Crippen molar-refractivity contribution in [3.8, 4) is 6.07 Å². The van der Waals surface area contributed by atoms with Gasteiger partial charge < -0.3 is 10.2 Å². The lowest BCUT2D eigenvalue weighted by Crippen LogP contribution is -2.11. The second-order valence-corrected chi connectivity index (χ2v) is 1.61. The first kappa shape index (κ1) is 7.92. The molecule has 0 radical (unpaired) electrons. The summed E-state index contributed by atoms with van der Waals surface area (Å²) in [5.41, 5.74) is 0. The van der Waals surface area contributed by atoms with Crippen molar-refractivity contribution >= 4 is 5.97 Å². The van der Waals surface area contributed by atoms with Gasteiger partial charge in [-0.1, -0.05) is 0 Å². The molecule has 0 amide bonds. The number of carbonyl (C=O) groups is 1. The number of aliphatic hydroxyl groups excluding tert-OH is 1. The van der Waals surface area contributed by atoms with E-state index in [9.17, 15) is 4.79 Å². The van der Waals surface area contributed by atoms with Crippen LogP contribution in [0.25, 0.3) is 0 Å². The summed E-state index contributed by atoms with van der Waals surface area (Å²) in [6.07, 6.45) is -1.49.